The third kappa shape index (κ3) is 2.84. The Morgan fingerprint density at radius 3 is 2.67 bits per heavy atom. The van der Waals surface area contributed by atoms with Gasteiger partial charge in [0.2, 0.25) is 0 Å². The zero-order chi connectivity index (χ0) is 13.3. The van der Waals surface area contributed by atoms with Gasteiger partial charge in [0.05, 0.1) is 0 Å². The quantitative estimate of drug-likeness (QED) is 0.827. The number of rotatable bonds is 1. The van der Waals surface area contributed by atoms with Crippen LogP contribution >= 0.6 is 0 Å². The lowest BCUT2D eigenvalue weighted by molar-refractivity contribution is 0.0503. The van der Waals surface area contributed by atoms with Gasteiger partial charge < -0.3 is 10.1 Å². The molecule has 1 N–H and O–H groups in total. The molecular weight excluding hydrogens is 226 g/mol. The van der Waals surface area contributed by atoms with E-state index >= 15 is 0 Å². The van der Waals surface area contributed by atoms with Gasteiger partial charge in [-0.1, -0.05) is 24.3 Å². The number of nitrogens with one attached hydrogen (secondary N) is 1. The molecule has 1 aromatic carbocycles. The highest BCUT2D eigenvalue weighted by molar-refractivity contribution is 5.68. The van der Waals surface area contributed by atoms with Crippen LogP contribution in [0.2, 0.25) is 0 Å². The van der Waals surface area contributed by atoms with Gasteiger partial charge in [-0.3, -0.25) is 0 Å². The summed E-state index contributed by atoms with van der Waals surface area (Å²) in [5.74, 6) is 0.0914. The first kappa shape index (κ1) is 12.9. The van der Waals surface area contributed by atoms with Crippen LogP contribution in [0, 0.1) is 6.92 Å². The first-order valence-electron chi connectivity index (χ1n) is 6.27. The van der Waals surface area contributed by atoms with Gasteiger partial charge in [-0.25, -0.2) is 4.79 Å². The average molecular weight is 246 g/mol. The predicted molar refractivity (Wildman–Crippen MR) is 71.4 cm³/mol. The molecule has 3 nitrogen and oxygen atoms in total. The zero-order valence-corrected chi connectivity index (χ0v) is 11.2. The lowest BCUT2D eigenvalue weighted by atomic mass is 10.0. The van der Waals surface area contributed by atoms with Crippen molar-refractivity contribution in [3.63, 3.8) is 0 Å². The molecule has 1 aromatic rings. The minimum absolute atomic E-state index is 0.0252. The van der Waals surface area contributed by atoms with Crippen molar-refractivity contribution in [2.24, 2.45) is 0 Å². The standard InChI is InChI=1S/C15H20NO2/c1-10-12-8-6-5-7-11(12)9-13(10)16-14(17)18-15(2,3)4/h5-8,10,13H,1,9H2,2-4H3,(H,16,17)/t10-,13-/m1/s1. The highest BCUT2D eigenvalue weighted by Gasteiger charge is 2.31. The number of hydrogen-bond donors (Lipinski definition) is 1. The van der Waals surface area contributed by atoms with E-state index in [1.54, 1.807) is 0 Å². The van der Waals surface area contributed by atoms with E-state index in [1.807, 2.05) is 32.9 Å². The molecular formula is C15H20NO2. The van der Waals surface area contributed by atoms with Crippen molar-refractivity contribution in [1.29, 1.82) is 0 Å². The Morgan fingerprint density at radius 2 is 2.06 bits per heavy atom. The van der Waals surface area contributed by atoms with Crippen molar-refractivity contribution in [3.8, 4) is 0 Å². The third-order valence-corrected chi connectivity index (χ3v) is 3.08. The van der Waals surface area contributed by atoms with Gasteiger partial charge >= 0.3 is 6.09 Å². The van der Waals surface area contributed by atoms with E-state index in [4.69, 9.17) is 4.74 Å². The van der Waals surface area contributed by atoms with Crippen molar-refractivity contribution < 1.29 is 9.53 Å². The van der Waals surface area contributed by atoms with Gasteiger partial charge in [-0.2, -0.15) is 0 Å². The van der Waals surface area contributed by atoms with Crippen LogP contribution in [0.3, 0.4) is 0 Å². The molecule has 3 heteroatoms. The van der Waals surface area contributed by atoms with Crippen LogP contribution in [0.1, 0.15) is 37.8 Å². The van der Waals surface area contributed by atoms with E-state index in [1.165, 1.54) is 11.1 Å². The molecule has 0 spiro atoms. The summed E-state index contributed by atoms with van der Waals surface area (Å²) in [4.78, 5) is 11.8. The Balaban J connectivity index is 2.00. The molecule has 0 unspecified atom stereocenters. The van der Waals surface area contributed by atoms with Crippen molar-refractivity contribution in [2.45, 2.75) is 44.8 Å². The minimum atomic E-state index is -0.466. The fourth-order valence-corrected chi connectivity index (χ4v) is 2.29. The normalized spacial score (nSPS) is 22.4. The molecule has 1 aliphatic carbocycles. The molecule has 0 saturated heterocycles. The van der Waals surface area contributed by atoms with Crippen molar-refractivity contribution in [2.75, 3.05) is 0 Å². The molecule has 2 atom stereocenters. The van der Waals surface area contributed by atoms with Crippen LogP contribution in [-0.2, 0) is 11.2 Å². The summed E-state index contributed by atoms with van der Waals surface area (Å²) < 4.78 is 5.27. The Hall–Kier alpha value is -1.51. The summed E-state index contributed by atoms with van der Waals surface area (Å²) in [6.07, 6.45) is 0.456. The van der Waals surface area contributed by atoms with Crippen LogP contribution in [0.4, 0.5) is 4.79 Å². The molecule has 18 heavy (non-hydrogen) atoms. The van der Waals surface area contributed by atoms with E-state index in [0.717, 1.165) is 6.42 Å². The highest BCUT2D eigenvalue weighted by atomic mass is 16.6. The van der Waals surface area contributed by atoms with E-state index in [-0.39, 0.29) is 18.1 Å². The smallest absolute Gasteiger partial charge is 0.407 e. The highest BCUT2D eigenvalue weighted by Crippen LogP contribution is 2.32. The number of ether oxygens (including phenoxy) is 1. The molecule has 97 valence electrons. The molecule has 0 aromatic heterocycles. The first-order valence-corrected chi connectivity index (χ1v) is 6.27. The lowest BCUT2D eigenvalue weighted by Gasteiger charge is -2.23. The molecule has 0 saturated carbocycles. The topological polar surface area (TPSA) is 38.3 Å². The number of amides is 1. The molecule has 0 heterocycles. The Morgan fingerprint density at radius 1 is 1.39 bits per heavy atom. The van der Waals surface area contributed by atoms with Gasteiger partial charge in [0, 0.05) is 12.0 Å². The van der Waals surface area contributed by atoms with E-state index in [9.17, 15) is 4.79 Å². The van der Waals surface area contributed by atoms with Crippen molar-refractivity contribution in [3.05, 3.63) is 42.3 Å². The van der Waals surface area contributed by atoms with Gasteiger partial charge in [0.15, 0.2) is 0 Å². The second kappa shape index (κ2) is 4.63. The predicted octanol–water partition coefficient (Wildman–Crippen LogP) is 3.05. The van der Waals surface area contributed by atoms with Crippen LogP contribution in [0.25, 0.3) is 0 Å². The number of alkyl carbamates (subject to hydrolysis) is 1. The summed E-state index contributed by atoms with van der Waals surface area (Å²) in [7, 11) is 0. The van der Waals surface area contributed by atoms with Crippen molar-refractivity contribution >= 4 is 6.09 Å². The Bertz CT molecular complexity index is 448. The minimum Gasteiger partial charge on any atom is -0.444 e. The second-order valence-electron chi connectivity index (χ2n) is 5.76. The summed E-state index contributed by atoms with van der Waals surface area (Å²) >= 11 is 0. The molecule has 1 radical (unpaired) electrons. The zero-order valence-electron chi connectivity index (χ0n) is 11.2. The van der Waals surface area contributed by atoms with Gasteiger partial charge in [0.1, 0.15) is 5.60 Å². The summed E-state index contributed by atoms with van der Waals surface area (Å²) in [5, 5.41) is 2.91. The van der Waals surface area contributed by atoms with Crippen LogP contribution in [-0.4, -0.2) is 17.7 Å². The Kier molecular flexibility index (Phi) is 3.33. The Labute approximate surface area is 109 Å². The monoisotopic (exact) mass is 246 g/mol. The van der Waals surface area contributed by atoms with Crippen molar-refractivity contribution in [1.82, 2.24) is 5.32 Å². The maximum atomic E-state index is 11.8. The van der Waals surface area contributed by atoms with Crippen LogP contribution < -0.4 is 5.32 Å². The fraction of sp³-hybridized carbons (Fsp3) is 0.467. The summed E-state index contributed by atoms with van der Waals surface area (Å²) in [5.41, 5.74) is 2.02. The van der Waals surface area contributed by atoms with Gasteiger partial charge in [0.25, 0.3) is 0 Å². The summed E-state index contributed by atoms with van der Waals surface area (Å²) in [6.45, 7) is 9.72. The number of benzene rings is 1. The average Bonchev–Trinajstić information content (AvgIpc) is 2.54. The largest absolute Gasteiger partial charge is 0.444 e. The fourth-order valence-electron chi connectivity index (χ4n) is 2.29. The molecule has 1 amide bonds. The van der Waals surface area contributed by atoms with Gasteiger partial charge in [-0.15, -0.1) is 0 Å². The maximum Gasteiger partial charge on any atom is 0.407 e. The maximum absolute atomic E-state index is 11.8. The van der Waals surface area contributed by atoms with E-state index in [2.05, 4.69) is 24.4 Å². The second-order valence-corrected chi connectivity index (χ2v) is 5.76. The first-order chi connectivity index (χ1) is 8.37. The van der Waals surface area contributed by atoms with E-state index in [0.29, 0.717) is 0 Å². The summed E-state index contributed by atoms with van der Waals surface area (Å²) in [6, 6.07) is 8.21. The number of carbonyl (C=O) groups excluding carboxylic acids is 1. The number of hydrogen-bond acceptors (Lipinski definition) is 2. The van der Waals surface area contributed by atoms with Gasteiger partial charge in [-0.05, 0) is 45.2 Å². The molecule has 0 bridgehead atoms. The molecule has 2 rings (SSSR count). The SMILES string of the molecule is [CH2][C@@H]1c2ccccc2C[C@H]1NC(=O)OC(C)(C)C. The van der Waals surface area contributed by atoms with Crippen LogP contribution in [0.15, 0.2) is 24.3 Å². The molecule has 0 aliphatic heterocycles. The van der Waals surface area contributed by atoms with Crippen LogP contribution in [0.5, 0.6) is 0 Å². The number of fused-ring (bicyclic) bond motifs is 1. The number of carbonyl (C=O) groups is 1. The molecule has 1 aliphatic rings. The molecule has 0 fully saturated rings. The van der Waals surface area contributed by atoms with E-state index < -0.39 is 5.60 Å². The third-order valence-electron chi connectivity index (χ3n) is 3.08. The lowest BCUT2D eigenvalue weighted by Crippen LogP contribution is -2.40.